The number of nitrogens with zero attached hydrogens (tertiary/aromatic N) is 5. The molecule has 4 rings (SSSR count). The largest absolute Gasteiger partial charge is 0.390 e. The third-order valence-corrected chi connectivity index (χ3v) is 5.92. The van der Waals surface area contributed by atoms with E-state index >= 15 is 0 Å². The van der Waals surface area contributed by atoms with E-state index in [0.29, 0.717) is 29.9 Å². The topological polar surface area (TPSA) is 152 Å². The first-order valence-electron chi connectivity index (χ1n) is 12.1. The fourth-order valence-corrected chi connectivity index (χ4v) is 4.08. The second-order valence-corrected chi connectivity index (χ2v) is 8.55. The molecule has 0 aromatic carbocycles. The number of hydrogen-bond donors (Lipinski definition) is 4. The highest BCUT2D eigenvalue weighted by molar-refractivity contribution is 7.09. The van der Waals surface area contributed by atoms with Crippen LogP contribution in [0.3, 0.4) is 0 Å². The van der Waals surface area contributed by atoms with Crippen molar-refractivity contribution in [2.75, 3.05) is 25.0 Å². The molecule has 0 aliphatic carbocycles. The molecule has 0 spiro atoms. The lowest BCUT2D eigenvalue weighted by Crippen LogP contribution is -2.24. The van der Waals surface area contributed by atoms with Crippen molar-refractivity contribution in [2.24, 2.45) is 0 Å². The molecule has 13 heteroatoms. The van der Waals surface area contributed by atoms with Crippen LogP contribution in [0.5, 0.6) is 0 Å². The minimum absolute atomic E-state index is 0.118. The zero-order valence-electron chi connectivity index (χ0n) is 20.3. The smallest absolute Gasteiger partial charge is 0.244 e. The number of imidazole rings is 2. The van der Waals surface area contributed by atoms with Gasteiger partial charge in [-0.1, -0.05) is 12.8 Å². The first-order chi connectivity index (χ1) is 17.7. The van der Waals surface area contributed by atoms with Crippen LogP contribution in [-0.2, 0) is 14.1 Å². The Morgan fingerprint density at radius 1 is 1.34 bits per heavy atom. The lowest BCUT2D eigenvalue weighted by molar-refractivity contribution is -0.116. The van der Waals surface area contributed by atoms with Gasteiger partial charge in [-0.3, -0.25) is 9.36 Å². The number of nitrogens with one attached hydrogen (secondary N) is 3. The summed E-state index contributed by atoms with van der Waals surface area (Å²) in [5, 5.41) is 16.5. The van der Waals surface area contributed by atoms with Crippen LogP contribution < -0.4 is 10.6 Å². The first-order valence-corrected chi connectivity index (χ1v) is 12.0. The molecule has 1 aliphatic heterocycles. The fourth-order valence-electron chi connectivity index (χ4n) is 3.91. The normalized spacial score (nSPS) is 20.8. The Hall–Kier alpha value is -2.92. The number of aliphatic hydroxyl groups excluding tert-OH is 1. The van der Waals surface area contributed by atoms with E-state index in [2.05, 4.69) is 35.6 Å². The Balaban J connectivity index is 1.16. The van der Waals surface area contributed by atoms with E-state index in [0.717, 1.165) is 37.9 Å². The van der Waals surface area contributed by atoms with Crippen molar-refractivity contribution in [3.63, 3.8) is 0 Å². The summed E-state index contributed by atoms with van der Waals surface area (Å²) in [5.41, 5.74) is 2.07. The number of aromatic amines is 1. The molecule has 188 valence electrons. The van der Waals surface area contributed by atoms with Gasteiger partial charge in [0.2, 0.25) is 5.91 Å². The number of carbonyl (C=O) groups is 1. The number of carbonyl (C=O) groups excluding carboxylic acids is 1. The number of aliphatic hydroxyl groups is 1. The molecule has 0 bridgehead atoms. The van der Waals surface area contributed by atoms with Gasteiger partial charge < -0.3 is 30.0 Å². The van der Waals surface area contributed by atoms with Gasteiger partial charge in [-0.15, -0.1) is 0 Å². The SMILES string of the molecule is [3H]POCC1OC(n2cnc3c(NCCCCCCNC(=O)/C=C/c4cnc[nH]4)ncnc32)CC1O. The Morgan fingerprint density at radius 3 is 3.06 bits per heavy atom. The molecular formula is C22H31N8O4P. The Labute approximate surface area is 206 Å². The van der Waals surface area contributed by atoms with Crippen molar-refractivity contribution in [3.05, 3.63) is 36.9 Å². The van der Waals surface area contributed by atoms with Crippen molar-refractivity contribution in [1.29, 1.82) is 1.28 Å². The van der Waals surface area contributed by atoms with E-state index in [4.69, 9.17) is 10.5 Å². The van der Waals surface area contributed by atoms with Gasteiger partial charge in [0.15, 0.2) is 17.0 Å². The van der Waals surface area contributed by atoms with Crippen molar-refractivity contribution < 1.29 is 19.2 Å². The number of fused-ring (bicyclic) bond motifs is 1. The third-order valence-electron chi connectivity index (χ3n) is 5.75. The summed E-state index contributed by atoms with van der Waals surface area (Å²) in [5.74, 6) is 0.539. The van der Waals surface area contributed by atoms with E-state index in [-0.39, 0.29) is 12.5 Å². The van der Waals surface area contributed by atoms with Gasteiger partial charge in [-0.05, 0) is 18.9 Å². The summed E-state index contributed by atoms with van der Waals surface area (Å²) in [7, 11) is -0.395. The van der Waals surface area contributed by atoms with Gasteiger partial charge in [0, 0.05) is 35.0 Å². The van der Waals surface area contributed by atoms with E-state index in [1.807, 2.05) is 0 Å². The summed E-state index contributed by atoms with van der Waals surface area (Å²) in [6, 6.07) is 0. The van der Waals surface area contributed by atoms with Gasteiger partial charge >= 0.3 is 0 Å². The predicted molar refractivity (Wildman–Crippen MR) is 133 cm³/mol. The zero-order chi connectivity index (χ0) is 25.2. The maximum Gasteiger partial charge on any atom is 0.244 e. The number of ether oxygens (including phenoxy) is 1. The van der Waals surface area contributed by atoms with Crippen molar-refractivity contribution in [3.8, 4) is 0 Å². The lowest BCUT2D eigenvalue weighted by Gasteiger charge is -2.14. The third kappa shape index (κ3) is 6.82. The molecule has 1 amide bonds. The molecule has 35 heavy (non-hydrogen) atoms. The quantitative estimate of drug-likeness (QED) is 0.146. The first kappa shape index (κ1) is 23.8. The van der Waals surface area contributed by atoms with Crippen molar-refractivity contribution >= 4 is 38.4 Å². The Kier molecular flexibility index (Phi) is 8.63. The number of rotatable bonds is 14. The summed E-state index contributed by atoms with van der Waals surface area (Å²) < 4.78 is 19.9. The van der Waals surface area contributed by atoms with E-state index in [1.54, 1.807) is 29.5 Å². The highest BCUT2D eigenvalue weighted by Gasteiger charge is 2.35. The molecule has 4 N–H and O–H groups in total. The molecule has 4 unspecified atom stereocenters. The molecular weight excluding hydrogens is 471 g/mol. The standard InChI is InChI=1S/C22H31N8O4P/c31-16-9-19(34-17(16)11-33-35)30-14-29-20-21(27-13-28-22(20)30)25-8-4-2-1-3-7-24-18(32)6-5-15-10-23-12-26-15/h5-6,10,12-14,16-17,19,31H,1-4,7-9,11,35H2,(H,23,26)(H,24,32)(H,25,27,28)/b6-5+/i35T. The number of anilines is 1. The van der Waals surface area contributed by atoms with Crippen molar-refractivity contribution in [2.45, 2.75) is 50.5 Å². The van der Waals surface area contributed by atoms with Crippen LogP contribution in [0.4, 0.5) is 5.82 Å². The van der Waals surface area contributed by atoms with Crippen LogP contribution in [0.1, 0.15) is 44.0 Å². The number of H-pyrrole nitrogens is 1. The average Bonchev–Trinajstić information content (AvgIpc) is 3.63. The Bertz CT molecular complexity index is 1130. The van der Waals surface area contributed by atoms with Crippen LogP contribution in [0.2, 0.25) is 0 Å². The number of unbranched alkanes of at least 4 members (excludes halogenated alkanes) is 3. The molecule has 12 nitrogen and oxygen atoms in total. The Morgan fingerprint density at radius 2 is 2.23 bits per heavy atom. The van der Waals surface area contributed by atoms with Gasteiger partial charge in [0.05, 0.1) is 38.5 Å². The summed E-state index contributed by atoms with van der Waals surface area (Å²) in [6.45, 7) is 1.56. The highest BCUT2D eigenvalue weighted by Crippen LogP contribution is 2.32. The molecule has 1 fully saturated rings. The summed E-state index contributed by atoms with van der Waals surface area (Å²) in [4.78, 5) is 31.8. The minimum atomic E-state index is -0.671. The number of hydrogen-bond acceptors (Lipinski definition) is 9. The molecule has 4 atom stereocenters. The molecule has 3 aromatic rings. The van der Waals surface area contributed by atoms with E-state index < -0.39 is 27.8 Å². The summed E-state index contributed by atoms with van der Waals surface area (Å²) >= 11 is 0. The van der Waals surface area contributed by atoms with Crippen LogP contribution in [0, 0.1) is 0 Å². The van der Waals surface area contributed by atoms with Crippen LogP contribution in [0.15, 0.2) is 31.3 Å². The van der Waals surface area contributed by atoms with Crippen LogP contribution in [-0.4, -0.2) is 73.7 Å². The predicted octanol–water partition coefficient (Wildman–Crippen LogP) is 1.81. The number of aromatic nitrogens is 6. The second kappa shape index (κ2) is 12.7. The molecule has 1 saturated heterocycles. The van der Waals surface area contributed by atoms with Gasteiger partial charge in [-0.25, -0.2) is 19.9 Å². The average molecular weight is 505 g/mol. The second-order valence-electron chi connectivity index (χ2n) is 8.26. The van der Waals surface area contributed by atoms with Crippen LogP contribution in [0.25, 0.3) is 17.2 Å². The maximum absolute atomic E-state index is 11.8. The highest BCUT2D eigenvalue weighted by atomic mass is 31.0. The van der Waals surface area contributed by atoms with E-state index in [9.17, 15) is 9.90 Å². The fraction of sp³-hybridized carbons (Fsp3) is 0.500. The molecule has 0 saturated carbocycles. The molecule has 0 radical (unpaired) electrons. The molecule has 4 heterocycles. The minimum Gasteiger partial charge on any atom is -0.390 e. The zero-order valence-corrected chi connectivity index (χ0v) is 20.3. The van der Waals surface area contributed by atoms with Crippen LogP contribution >= 0.6 is 9.41 Å². The molecule has 1 aliphatic rings. The maximum atomic E-state index is 11.8. The van der Waals surface area contributed by atoms with Gasteiger partial charge in [-0.2, -0.15) is 0 Å². The van der Waals surface area contributed by atoms with Crippen molar-refractivity contribution in [1.82, 2.24) is 34.8 Å². The monoisotopic (exact) mass is 504 g/mol. The summed E-state index contributed by atoms with van der Waals surface area (Å²) in [6.07, 6.45) is 12.3. The molecule has 3 aromatic heterocycles. The van der Waals surface area contributed by atoms with Gasteiger partial charge in [0.1, 0.15) is 18.7 Å². The lowest BCUT2D eigenvalue weighted by atomic mass is 10.2. The van der Waals surface area contributed by atoms with Gasteiger partial charge in [0.25, 0.3) is 0 Å². The number of amides is 1. The van der Waals surface area contributed by atoms with E-state index in [1.165, 1.54) is 12.4 Å².